The van der Waals surface area contributed by atoms with Crippen LogP contribution in [0.1, 0.15) is 28.4 Å². The molecule has 0 aliphatic carbocycles. The van der Waals surface area contributed by atoms with Crippen molar-refractivity contribution in [2.75, 3.05) is 6.54 Å². The van der Waals surface area contributed by atoms with Crippen LogP contribution in [0.25, 0.3) is 0 Å². The molecule has 0 aromatic heterocycles. The number of nitrogens with one attached hydrogen (secondary N) is 1. The number of hydrogen-bond donors (Lipinski definition) is 2. The fourth-order valence-corrected chi connectivity index (χ4v) is 2.17. The molecule has 0 fully saturated rings. The van der Waals surface area contributed by atoms with Gasteiger partial charge < -0.3 is 11.1 Å². The van der Waals surface area contributed by atoms with Crippen molar-refractivity contribution < 1.29 is 9.18 Å². The van der Waals surface area contributed by atoms with E-state index in [1.54, 1.807) is 13.0 Å². The van der Waals surface area contributed by atoms with Gasteiger partial charge >= 0.3 is 0 Å². The first kappa shape index (κ1) is 15.2. The molecule has 0 heterocycles. The first-order valence-corrected chi connectivity index (χ1v) is 6.80. The van der Waals surface area contributed by atoms with Gasteiger partial charge in [0.15, 0.2) is 0 Å². The molecule has 0 spiro atoms. The van der Waals surface area contributed by atoms with Crippen molar-refractivity contribution in [1.82, 2.24) is 5.32 Å². The number of carbonyl (C=O) groups excluding carboxylic acids is 1. The highest BCUT2D eigenvalue weighted by Gasteiger charge is 2.28. The zero-order chi connectivity index (χ0) is 15.5. The van der Waals surface area contributed by atoms with Crippen molar-refractivity contribution in [2.45, 2.75) is 19.4 Å². The van der Waals surface area contributed by atoms with Gasteiger partial charge in [0.05, 0.1) is 11.1 Å². The third-order valence-corrected chi connectivity index (χ3v) is 3.58. The summed E-state index contributed by atoms with van der Waals surface area (Å²) in [5.74, 6) is -0.996. The molecule has 0 bridgehead atoms. The van der Waals surface area contributed by atoms with E-state index in [1.807, 2.05) is 37.3 Å². The van der Waals surface area contributed by atoms with Gasteiger partial charge in [0.2, 0.25) is 0 Å². The highest BCUT2D eigenvalue weighted by Crippen LogP contribution is 2.20. The maximum absolute atomic E-state index is 13.9. The van der Waals surface area contributed by atoms with Crippen LogP contribution in [0.5, 0.6) is 0 Å². The van der Waals surface area contributed by atoms with Gasteiger partial charge in [-0.05, 0) is 37.1 Å². The normalized spacial score (nSPS) is 13.5. The van der Waals surface area contributed by atoms with Gasteiger partial charge in [-0.25, -0.2) is 4.39 Å². The minimum atomic E-state index is -0.740. The monoisotopic (exact) mass is 286 g/mol. The molecule has 2 rings (SSSR count). The number of carbonyl (C=O) groups is 1. The van der Waals surface area contributed by atoms with Gasteiger partial charge in [-0.3, -0.25) is 4.79 Å². The Hall–Kier alpha value is -2.20. The molecule has 0 radical (unpaired) electrons. The summed E-state index contributed by atoms with van der Waals surface area (Å²) in [6, 6.07) is 14.0. The Morgan fingerprint density at radius 1 is 1.24 bits per heavy atom. The minimum Gasteiger partial charge on any atom is -0.341 e. The molecule has 0 saturated heterocycles. The molecule has 0 aliphatic rings. The van der Waals surface area contributed by atoms with Gasteiger partial charge in [-0.1, -0.05) is 36.4 Å². The molecule has 3 N–H and O–H groups in total. The summed E-state index contributed by atoms with van der Waals surface area (Å²) < 4.78 is 13.9. The molecule has 2 aromatic carbocycles. The minimum absolute atomic E-state index is 0.0243. The van der Waals surface area contributed by atoms with E-state index < -0.39 is 17.3 Å². The van der Waals surface area contributed by atoms with Crippen molar-refractivity contribution in [3.8, 4) is 0 Å². The van der Waals surface area contributed by atoms with E-state index in [0.29, 0.717) is 0 Å². The average molecular weight is 286 g/mol. The number of rotatable bonds is 4. The number of benzene rings is 2. The Labute approximate surface area is 124 Å². The number of nitrogens with two attached hydrogens (primary N) is 1. The zero-order valence-corrected chi connectivity index (χ0v) is 12.2. The maximum atomic E-state index is 13.9. The largest absolute Gasteiger partial charge is 0.341 e. The van der Waals surface area contributed by atoms with Gasteiger partial charge in [-0.15, -0.1) is 0 Å². The van der Waals surface area contributed by atoms with Crippen LogP contribution in [-0.2, 0) is 5.54 Å². The summed E-state index contributed by atoms with van der Waals surface area (Å²) in [4.78, 5) is 12.3. The number of halogens is 1. The van der Waals surface area contributed by atoms with Gasteiger partial charge in [0.1, 0.15) is 5.82 Å². The van der Waals surface area contributed by atoms with Crippen molar-refractivity contribution in [3.05, 3.63) is 71.0 Å². The van der Waals surface area contributed by atoms with Crippen LogP contribution in [0.3, 0.4) is 0 Å². The van der Waals surface area contributed by atoms with Crippen LogP contribution in [0, 0.1) is 12.7 Å². The molecule has 1 atom stereocenters. The van der Waals surface area contributed by atoms with Crippen LogP contribution in [-0.4, -0.2) is 12.5 Å². The van der Waals surface area contributed by atoms with Crippen molar-refractivity contribution >= 4 is 5.91 Å². The topological polar surface area (TPSA) is 55.1 Å². The highest BCUT2D eigenvalue weighted by molar-refractivity contribution is 5.95. The summed E-state index contributed by atoms with van der Waals surface area (Å²) in [5.41, 5.74) is 6.76. The Kier molecular flexibility index (Phi) is 4.38. The summed E-state index contributed by atoms with van der Waals surface area (Å²) >= 11 is 0. The first-order chi connectivity index (χ1) is 9.96. The van der Waals surface area contributed by atoms with Crippen LogP contribution < -0.4 is 11.1 Å². The van der Waals surface area contributed by atoms with Gasteiger partial charge in [0, 0.05) is 6.54 Å². The molecule has 21 heavy (non-hydrogen) atoms. The summed E-state index contributed by atoms with van der Waals surface area (Å²) in [5, 5.41) is 2.83. The van der Waals surface area contributed by atoms with Gasteiger partial charge in [-0.2, -0.15) is 0 Å². The predicted octanol–water partition coefficient (Wildman–Crippen LogP) is 2.74. The number of hydrogen-bond acceptors (Lipinski definition) is 2. The fourth-order valence-electron chi connectivity index (χ4n) is 2.17. The molecular formula is C17H19FN2O. The van der Waals surface area contributed by atoms with Crippen molar-refractivity contribution in [2.24, 2.45) is 5.73 Å². The first-order valence-electron chi connectivity index (χ1n) is 6.80. The van der Waals surface area contributed by atoms with E-state index in [2.05, 4.69) is 5.32 Å². The fraction of sp³-hybridized carbons (Fsp3) is 0.235. The molecular weight excluding hydrogens is 267 g/mol. The van der Waals surface area contributed by atoms with Crippen molar-refractivity contribution in [1.29, 1.82) is 0 Å². The van der Waals surface area contributed by atoms with Crippen LogP contribution in [0.2, 0.25) is 0 Å². The summed E-state index contributed by atoms with van der Waals surface area (Å²) in [7, 11) is 0. The number of amides is 1. The maximum Gasteiger partial charge on any atom is 0.254 e. The number of aryl methyl sites for hydroxylation is 1. The molecule has 0 saturated carbocycles. The lowest BCUT2D eigenvalue weighted by atomic mass is 9.91. The second kappa shape index (κ2) is 6.06. The van der Waals surface area contributed by atoms with Crippen LogP contribution in [0.4, 0.5) is 4.39 Å². The second-order valence-electron chi connectivity index (χ2n) is 5.34. The molecule has 0 aliphatic heterocycles. The second-order valence-corrected chi connectivity index (χ2v) is 5.34. The summed E-state index contributed by atoms with van der Waals surface area (Å²) in [6.45, 7) is 3.82. The van der Waals surface area contributed by atoms with E-state index in [4.69, 9.17) is 5.73 Å². The molecule has 2 aromatic rings. The zero-order valence-electron chi connectivity index (χ0n) is 12.2. The molecule has 110 valence electrons. The Bertz CT molecular complexity index is 642. The highest BCUT2D eigenvalue weighted by atomic mass is 19.1. The molecule has 1 amide bonds. The van der Waals surface area contributed by atoms with Crippen LogP contribution >= 0.6 is 0 Å². The molecule has 1 unspecified atom stereocenters. The average Bonchev–Trinajstić information content (AvgIpc) is 2.47. The third-order valence-electron chi connectivity index (χ3n) is 3.58. The Morgan fingerprint density at radius 2 is 1.90 bits per heavy atom. The SMILES string of the molecule is Cc1ccc(C(=O)NC(C)(CN)c2ccccc2)c(F)c1. The lowest BCUT2D eigenvalue weighted by Crippen LogP contribution is -2.49. The Morgan fingerprint density at radius 3 is 2.48 bits per heavy atom. The smallest absolute Gasteiger partial charge is 0.254 e. The van der Waals surface area contributed by atoms with E-state index >= 15 is 0 Å². The standard InChI is InChI=1S/C17H19FN2O/c1-12-8-9-14(15(18)10-12)16(21)20-17(2,11-19)13-6-4-3-5-7-13/h3-10H,11,19H2,1-2H3,(H,20,21). The summed E-state index contributed by atoms with van der Waals surface area (Å²) in [6.07, 6.45) is 0. The molecule has 4 heteroatoms. The third kappa shape index (κ3) is 3.28. The van der Waals surface area contributed by atoms with E-state index in [9.17, 15) is 9.18 Å². The van der Waals surface area contributed by atoms with E-state index in [-0.39, 0.29) is 12.1 Å². The van der Waals surface area contributed by atoms with Crippen molar-refractivity contribution in [3.63, 3.8) is 0 Å². The van der Waals surface area contributed by atoms with Gasteiger partial charge in [0.25, 0.3) is 5.91 Å². The Balaban J connectivity index is 2.28. The van der Waals surface area contributed by atoms with E-state index in [1.165, 1.54) is 12.1 Å². The van der Waals surface area contributed by atoms with Crippen LogP contribution in [0.15, 0.2) is 48.5 Å². The lowest BCUT2D eigenvalue weighted by Gasteiger charge is -2.30. The predicted molar refractivity (Wildman–Crippen MR) is 81.5 cm³/mol. The quantitative estimate of drug-likeness (QED) is 0.908. The molecule has 3 nitrogen and oxygen atoms in total. The lowest BCUT2D eigenvalue weighted by molar-refractivity contribution is 0.0903. The van der Waals surface area contributed by atoms with E-state index in [0.717, 1.165) is 11.1 Å².